The number of hydrogen-bond donors (Lipinski definition) is 0. The summed E-state index contributed by atoms with van der Waals surface area (Å²) in [7, 11) is 0. The second-order valence-electron chi connectivity index (χ2n) is 6.64. The lowest BCUT2D eigenvalue weighted by Crippen LogP contribution is -2.07. The summed E-state index contributed by atoms with van der Waals surface area (Å²) in [5.74, 6) is -0.0522. The highest BCUT2D eigenvalue weighted by Gasteiger charge is 2.18. The molecule has 0 atom stereocenters. The average Bonchev–Trinajstić information content (AvgIpc) is 2.67. The van der Waals surface area contributed by atoms with Crippen molar-refractivity contribution in [1.29, 1.82) is 0 Å². The van der Waals surface area contributed by atoms with Crippen LogP contribution in [0, 0.1) is 13.8 Å². The van der Waals surface area contributed by atoms with Crippen molar-refractivity contribution in [3.05, 3.63) is 101 Å². The topological polar surface area (TPSA) is 30.0 Å². The molecule has 0 saturated carbocycles. The zero-order valence-electron chi connectivity index (χ0n) is 14.9. The van der Waals surface area contributed by atoms with Crippen LogP contribution in [0.2, 0.25) is 0 Å². The molecule has 0 saturated heterocycles. The van der Waals surface area contributed by atoms with Crippen molar-refractivity contribution < 1.29 is 4.79 Å². The molecule has 126 valence electrons. The van der Waals surface area contributed by atoms with Gasteiger partial charge in [-0.25, -0.2) is 4.98 Å². The number of carbonyl (C=O) groups excluding carboxylic acids is 1. The predicted molar refractivity (Wildman–Crippen MR) is 107 cm³/mol. The van der Waals surface area contributed by atoms with E-state index in [-0.39, 0.29) is 5.78 Å². The number of hydrogen-bond acceptors (Lipinski definition) is 2. The van der Waals surface area contributed by atoms with Gasteiger partial charge in [0.2, 0.25) is 5.78 Å². The number of benzene rings is 3. The molecular weight excluding hydrogens is 318 g/mol. The van der Waals surface area contributed by atoms with Crippen LogP contribution in [0.5, 0.6) is 0 Å². The van der Waals surface area contributed by atoms with Gasteiger partial charge in [-0.3, -0.25) is 4.79 Å². The minimum absolute atomic E-state index is 0.0522. The lowest BCUT2D eigenvalue weighted by molar-refractivity contribution is 0.103. The third-order valence-electron chi connectivity index (χ3n) is 4.58. The van der Waals surface area contributed by atoms with Crippen molar-refractivity contribution in [2.45, 2.75) is 13.8 Å². The number of pyridine rings is 1. The molecule has 4 rings (SSSR count). The number of aromatic nitrogens is 1. The van der Waals surface area contributed by atoms with E-state index in [0.29, 0.717) is 11.3 Å². The molecule has 2 heteroatoms. The van der Waals surface area contributed by atoms with Gasteiger partial charge in [0.25, 0.3) is 0 Å². The highest BCUT2D eigenvalue weighted by molar-refractivity contribution is 6.12. The zero-order chi connectivity index (χ0) is 18.1. The molecule has 1 heterocycles. The van der Waals surface area contributed by atoms with Gasteiger partial charge in [0, 0.05) is 16.5 Å². The van der Waals surface area contributed by atoms with Crippen molar-refractivity contribution in [3.63, 3.8) is 0 Å². The van der Waals surface area contributed by atoms with Crippen LogP contribution >= 0.6 is 0 Å². The van der Waals surface area contributed by atoms with Crippen LogP contribution in [-0.2, 0) is 0 Å². The van der Waals surface area contributed by atoms with E-state index in [0.717, 1.165) is 22.0 Å². The molecule has 2 nitrogen and oxygen atoms in total. The van der Waals surface area contributed by atoms with E-state index in [9.17, 15) is 4.79 Å². The van der Waals surface area contributed by atoms with Crippen molar-refractivity contribution >= 4 is 16.7 Å². The van der Waals surface area contributed by atoms with E-state index in [4.69, 9.17) is 4.98 Å². The normalized spacial score (nSPS) is 10.8. The zero-order valence-corrected chi connectivity index (χ0v) is 14.9. The summed E-state index contributed by atoms with van der Waals surface area (Å²) in [6, 6.07) is 25.8. The van der Waals surface area contributed by atoms with Crippen LogP contribution in [0.25, 0.3) is 22.0 Å². The van der Waals surface area contributed by atoms with E-state index in [1.54, 1.807) is 0 Å². The molecule has 3 aromatic carbocycles. The monoisotopic (exact) mass is 337 g/mol. The maximum Gasteiger partial charge on any atom is 0.212 e. The standard InChI is InChI=1S/C24H19NO/c1-16-8-11-18(12-9-16)21-15-20-14-17(2)10-13-22(20)25-23(21)24(26)19-6-4-3-5-7-19/h3-15H,1-2H3. The lowest BCUT2D eigenvalue weighted by atomic mass is 9.96. The Hall–Kier alpha value is -3.26. The Morgan fingerprint density at radius 1 is 0.769 bits per heavy atom. The number of carbonyl (C=O) groups is 1. The van der Waals surface area contributed by atoms with Gasteiger partial charge >= 0.3 is 0 Å². The smallest absolute Gasteiger partial charge is 0.212 e. The second-order valence-corrected chi connectivity index (χ2v) is 6.64. The highest BCUT2D eigenvalue weighted by Crippen LogP contribution is 2.29. The molecule has 0 unspecified atom stereocenters. The van der Waals surface area contributed by atoms with Crippen LogP contribution < -0.4 is 0 Å². The third kappa shape index (κ3) is 3.02. The summed E-state index contributed by atoms with van der Waals surface area (Å²) in [6.45, 7) is 4.12. The lowest BCUT2D eigenvalue weighted by Gasteiger charge is -2.11. The molecule has 0 aliphatic heterocycles. The van der Waals surface area contributed by atoms with E-state index in [1.807, 2.05) is 42.5 Å². The second kappa shape index (κ2) is 6.57. The number of ketones is 1. The van der Waals surface area contributed by atoms with Crippen LogP contribution in [0.1, 0.15) is 27.2 Å². The summed E-state index contributed by atoms with van der Waals surface area (Å²) < 4.78 is 0. The van der Waals surface area contributed by atoms with E-state index in [2.05, 4.69) is 50.2 Å². The van der Waals surface area contributed by atoms with E-state index >= 15 is 0 Å². The first kappa shape index (κ1) is 16.2. The number of nitrogens with zero attached hydrogens (tertiary/aromatic N) is 1. The van der Waals surface area contributed by atoms with Crippen molar-refractivity contribution in [1.82, 2.24) is 4.98 Å². The molecule has 0 bridgehead atoms. The molecule has 0 amide bonds. The molecule has 0 spiro atoms. The maximum atomic E-state index is 13.2. The molecular formula is C24H19NO. The van der Waals surface area contributed by atoms with Crippen LogP contribution in [0.3, 0.4) is 0 Å². The van der Waals surface area contributed by atoms with E-state index in [1.165, 1.54) is 11.1 Å². The summed E-state index contributed by atoms with van der Waals surface area (Å²) >= 11 is 0. The van der Waals surface area contributed by atoms with Gasteiger partial charge in [-0.15, -0.1) is 0 Å². The Balaban J connectivity index is 1.97. The predicted octanol–water partition coefficient (Wildman–Crippen LogP) is 5.75. The Bertz CT molecular complexity index is 1100. The summed E-state index contributed by atoms with van der Waals surface area (Å²) in [5, 5.41) is 1.05. The van der Waals surface area contributed by atoms with Gasteiger partial charge in [0.15, 0.2) is 0 Å². The number of rotatable bonds is 3. The molecule has 0 fully saturated rings. The van der Waals surface area contributed by atoms with Gasteiger partial charge in [0.1, 0.15) is 5.69 Å². The Morgan fingerprint density at radius 2 is 1.46 bits per heavy atom. The largest absolute Gasteiger partial charge is 0.287 e. The molecule has 4 aromatic rings. The molecule has 1 aromatic heterocycles. The number of fused-ring (bicyclic) bond motifs is 1. The van der Waals surface area contributed by atoms with Crippen molar-refractivity contribution in [3.8, 4) is 11.1 Å². The minimum atomic E-state index is -0.0522. The van der Waals surface area contributed by atoms with Crippen molar-refractivity contribution in [2.75, 3.05) is 0 Å². The average molecular weight is 337 g/mol. The molecule has 0 aliphatic carbocycles. The summed E-state index contributed by atoms with van der Waals surface area (Å²) in [6.07, 6.45) is 0. The molecule has 0 N–H and O–H groups in total. The first-order valence-corrected chi connectivity index (χ1v) is 8.70. The fourth-order valence-corrected chi connectivity index (χ4v) is 3.15. The van der Waals surface area contributed by atoms with Crippen LogP contribution in [-0.4, -0.2) is 10.8 Å². The van der Waals surface area contributed by atoms with Crippen LogP contribution in [0.4, 0.5) is 0 Å². The van der Waals surface area contributed by atoms with Gasteiger partial charge < -0.3 is 0 Å². The van der Waals surface area contributed by atoms with Gasteiger partial charge in [-0.1, -0.05) is 71.8 Å². The first-order chi connectivity index (χ1) is 12.6. The SMILES string of the molecule is Cc1ccc(-c2cc3cc(C)ccc3nc2C(=O)c2ccccc2)cc1. The Labute approximate surface area is 153 Å². The van der Waals surface area contributed by atoms with Gasteiger partial charge in [0.05, 0.1) is 5.52 Å². The maximum absolute atomic E-state index is 13.2. The fraction of sp³-hybridized carbons (Fsp3) is 0.0833. The van der Waals surface area contributed by atoms with Gasteiger partial charge in [-0.2, -0.15) is 0 Å². The van der Waals surface area contributed by atoms with E-state index < -0.39 is 0 Å². The van der Waals surface area contributed by atoms with Gasteiger partial charge in [-0.05, 0) is 37.6 Å². The molecule has 0 radical (unpaired) electrons. The quantitative estimate of drug-likeness (QED) is 0.446. The minimum Gasteiger partial charge on any atom is -0.287 e. The third-order valence-corrected chi connectivity index (χ3v) is 4.58. The summed E-state index contributed by atoms with van der Waals surface area (Å²) in [4.78, 5) is 17.9. The Morgan fingerprint density at radius 3 is 2.19 bits per heavy atom. The highest BCUT2D eigenvalue weighted by atomic mass is 16.1. The first-order valence-electron chi connectivity index (χ1n) is 8.70. The van der Waals surface area contributed by atoms with Crippen molar-refractivity contribution in [2.24, 2.45) is 0 Å². The molecule has 0 aliphatic rings. The summed E-state index contributed by atoms with van der Waals surface area (Å²) in [5.41, 5.74) is 6.23. The fourth-order valence-electron chi connectivity index (χ4n) is 3.15. The Kier molecular flexibility index (Phi) is 4.10. The van der Waals surface area contributed by atoms with Crippen LogP contribution in [0.15, 0.2) is 78.9 Å². The molecule has 26 heavy (non-hydrogen) atoms. The number of aryl methyl sites for hydroxylation is 2.